The van der Waals surface area contributed by atoms with E-state index in [0.29, 0.717) is 29.8 Å². The summed E-state index contributed by atoms with van der Waals surface area (Å²) in [4.78, 5) is 21.2. The topological polar surface area (TPSA) is 81.3 Å². The lowest BCUT2D eigenvalue weighted by molar-refractivity contribution is -0.122. The first-order valence-corrected chi connectivity index (χ1v) is 6.10. The fourth-order valence-electron chi connectivity index (χ4n) is 2.12. The molecule has 1 aromatic rings. The summed E-state index contributed by atoms with van der Waals surface area (Å²) >= 11 is 5.95. The van der Waals surface area contributed by atoms with Gasteiger partial charge >= 0.3 is 0 Å². The van der Waals surface area contributed by atoms with Crippen molar-refractivity contribution in [3.8, 4) is 5.75 Å². The zero-order valence-corrected chi connectivity index (χ0v) is 10.9. The molecule has 2 N–H and O–H groups in total. The molecular formula is C11H15ClN4O2. The van der Waals surface area contributed by atoms with E-state index in [0.717, 1.165) is 12.8 Å². The van der Waals surface area contributed by atoms with E-state index in [9.17, 15) is 4.79 Å². The van der Waals surface area contributed by atoms with Crippen LogP contribution >= 0.6 is 11.6 Å². The number of ether oxygens (including phenoxy) is 1. The van der Waals surface area contributed by atoms with E-state index in [-0.39, 0.29) is 11.8 Å². The van der Waals surface area contributed by atoms with Crippen LogP contribution in [0, 0.1) is 5.92 Å². The van der Waals surface area contributed by atoms with Gasteiger partial charge in [-0.05, 0) is 12.8 Å². The van der Waals surface area contributed by atoms with Crippen molar-refractivity contribution in [3.05, 3.63) is 11.5 Å². The molecule has 0 aliphatic carbocycles. The van der Waals surface area contributed by atoms with Gasteiger partial charge in [0.1, 0.15) is 6.33 Å². The standard InChI is InChI=1S/C11H15ClN4O2/c1-18-8-9(12)14-6-15-11(8)16-4-2-7(3-5-16)10(13)17/h6-7H,2-5H2,1H3,(H2,13,17). The molecule has 1 fully saturated rings. The zero-order valence-electron chi connectivity index (χ0n) is 10.1. The molecule has 18 heavy (non-hydrogen) atoms. The molecule has 0 aromatic carbocycles. The number of piperidine rings is 1. The highest BCUT2D eigenvalue weighted by molar-refractivity contribution is 6.31. The minimum atomic E-state index is -0.234. The van der Waals surface area contributed by atoms with Crippen LogP contribution in [0.2, 0.25) is 5.15 Å². The van der Waals surface area contributed by atoms with Gasteiger partial charge in [-0.2, -0.15) is 0 Å². The fraction of sp³-hybridized carbons (Fsp3) is 0.545. The Kier molecular flexibility index (Phi) is 3.86. The SMILES string of the molecule is COc1c(Cl)ncnc1N1CCC(C(N)=O)CC1. The van der Waals surface area contributed by atoms with Gasteiger partial charge < -0.3 is 15.4 Å². The van der Waals surface area contributed by atoms with Crippen molar-refractivity contribution in [3.63, 3.8) is 0 Å². The number of halogens is 1. The van der Waals surface area contributed by atoms with Gasteiger partial charge in [0.05, 0.1) is 7.11 Å². The highest BCUT2D eigenvalue weighted by Crippen LogP contribution is 2.33. The number of nitrogens with zero attached hydrogens (tertiary/aromatic N) is 3. The molecule has 2 rings (SSSR count). The maximum Gasteiger partial charge on any atom is 0.220 e. The Morgan fingerprint density at radius 3 is 2.72 bits per heavy atom. The highest BCUT2D eigenvalue weighted by Gasteiger charge is 2.26. The number of primary amides is 1. The number of rotatable bonds is 3. The second-order valence-corrected chi connectivity index (χ2v) is 4.54. The summed E-state index contributed by atoms with van der Waals surface area (Å²) < 4.78 is 5.21. The van der Waals surface area contributed by atoms with Crippen molar-refractivity contribution in [2.75, 3.05) is 25.1 Å². The number of carbonyl (C=O) groups excluding carboxylic acids is 1. The molecule has 2 heterocycles. The third-order valence-electron chi connectivity index (χ3n) is 3.14. The van der Waals surface area contributed by atoms with Gasteiger partial charge in [0.25, 0.3) is 0 Å². The van der Waals surface area contributed by atoms with Gasteiger partial charge in [-0.3, -0.25) is 4.79 Å². The van der Waals surface area contributed by atoms with Crippen molar-refractivity contribution in [1.82, 2.24) is 9.97 Å². The van der Waals surface area contributed by atoms with E-state index in [4.69, 9.17) is 22.1 Å². The summed E-state index contributed by atoms with van der Waals surface area (Å²) in [6, 6.07) is 0. The summed E-state index contributed by atoms with van der Waals surface area (Å²) in [6.07, 6.45) is 2.85. The second-order valence-electron chi connectivity index (χ2n) is 4.19. The molecule has 1 aliphatic heterocycles. The van der Waals surface area contributed by atoms with Crippen molar-refractivity contribution < 1.29 is 9.53 Å². The van der Waals surface area contributed by atoms with E-state index < -0.39 is 0 Å². The monoisotopic (exact) mass is 270 g/mol. The molecule has 0 saturated carbocycles. The van der Waals surface area contributed by atoms with Gasteiger partial charge in [-0.15, -0.1) is 0 Å². The van der Waals surface area contributed by atoms with Crippen molar-refractivity contribution in [2.45, 2.75) is 12.8 Å². The lowest BCUT2D eigenvalue weighted by Gasteiger charge is -2.32. The van der Waals surface area contributed by atoms with Gasteiger partial charge in [-0.25, -0.2) is 9.97 Å². The van der Waals surface area contributed by atoms with E-state index in [2.05, 4.69) is 9.97 Å². The molecule has 0 atom stereocenters. The maximum absolute atomic E-state index is 11.1. The van der Waals surface area contributed by atoms with Gasteiger partial charge in [-0.1, -0.05) is 11.6 Å². The molecule has 1 aliphatic rings. The summed E-state index contributed by atoms with van der Waals surface area (Å²) in [5.41, 5.74) is 5.30. The van der Waals surface area contributed by atoms with Crippen LogP contribution in [0.1, 0.15) is 12.8 Å². The van der Waals surface area contributed by atoms with E-state index >= 15 is 0 Å². The molecule has 0 spiro atoms. The summed E-state index contributed by atoms with van der Waals surface area (Å²) in [7, 11) is 1.53. The molecular weight excluding hydrogens is 256 g/mol. The highest BCUT2D eigenvalue weighted by atomic mass is 35.5. The lowest BCUT2D eigenvalue weighted by Crippen LogP contribution is -2.39. The molecule has 0 bridgehead atoms. The number of aromatic nitrogens is 2. The first-order chi connectivity index (χ1) is 8.63. The van der Waals surface area contributed by atoms with Gasteiger partial charge in [0, 0.05) is 19.0 Å². The van der Waals surface area contributed by atoms with Crippen LogP contribution in [-0.2, 0) is 4.79 Å². The Bertz CT molecular complexity index is 447. The van der Waals surface area contributed by atoms with Gasteiger partial charge in [0.2, 0.25) is 5.91 Å². The predicted octanol–water partition coefficient (Wildman–Crippen LogP) is 0.840. The Morgan fingerprint density at radius 2 is 2.17 bits per heavy atom. The molecule has 1 amide bonds. The number of anilines is 1. The van der Waals surface area contributed by atoms with Crippen LogP contribution < -0.4 is 15.4 Å². The van der Waals surface area contributed by atoms with Crippen molar-refractivity contribution in [2.24, 2.45) is 11.7 Å². The molecule has 0 radical (unpaired) electrons. The Morgan fingerprint density at radius 1 is 1.50 bits per heavy atom. The molecule has 7 heteroatoms. The van der Waals surface area contributed by atoms with E-state index in [1.165, 1.54) is 13.4 Å². The average molecular weight is 271 g/mol. The first kappa shape index (κ1) is 12.9. The molecule has 98 valence electrons. The lowest BCUT2D eigenvalue weighted by atomic mass is 9.96. The quantitative estimate of drug-likeness (QED) is 0.823. The van der Waals surface area contributed by atoms with Crippen LogP contribution in [-0.4, -0.2) is 36.1 Å². The number of carbonyl (C=O) groups is 1. The zero-order chi connectivity index (χ0) is 13.1. The van der Waals surface area contributed by atoms with Crippen molar-refractivity contribution in [1.29, 1.82) is 0 Å². The minimum Gasteiger partial charge on any atom is -0.490 e. The molecule has 1 saturated heterocycles. The van der Waals surface area contributed by atoms with Gasteiger partial charge in [0.15, 0.2) is 16.7 Å². The average Bonchev–Trinajstić information content (AvgIpc) is 2.38. The molecule has 0 unspecified atom stereocenters. The Balaban J connectivity index is 2.14. The van der Waals surface area contributed by atoms with Crippen LogP contribution in [0.4, 0.5) is 5.82 Å². The van der Waals surface area contributed by atoms with Crippen LogP contribution in [0.5, 0.6) is 5.75 Å². The van der Waals surface area contributed by atoms with Crippen LogP contribution in [0.3, 0.4) is 0 Å². The van der Waals surface area contributed by atoms with Crippen molar-refractivity contribution >= 4 is 23.3 Å². The fourth-order valence-corrected chi connectivity index (χ4v) is 2.33. The summed E-state index contributed by atoms with van der Waals surface area (Å²) in [5, 5.41) is 0.291. The van der Waals surface area contributed by atoms with Crippen LogP contribution in [0.25, 0.3) is 0 Å². The summed E-state index contributed by atoms with van der Waals surface area (Å²) in [5.74, 6) is 0.851. The third-order valence-corrected chi connectivity index (χ3v) is 3.41. The predicted molar refractivity (Wildman–Crippen MR) is 67.7 cm³/mol. The molecule has 1 aromatic heterocycles. The number of nitrogens with two attached hydrogens (primary N) is 1. The molecule has 6 nitrogen and oxygen atoms in total. The Hall–Kier alpha value is -1.56. The van der Waals surface area contributed by atoms with Crippen LogP contribution in [0.15, 0.2) is 6.33 Å². The summed E-state index contributed by atoms with van der Waals surface area (Å²) in [6.45, 7) is 1.41. The largest absolute Gasteiger partial charge is 0.490 e. The maximum atomic E-state index is 11.1. The number of hydrogen-bond donors (Lipinski definition) is 1. The number of hydrogen-bond acceptors (Lipinski definition) is 5. The Labute approximate surface area is 110 Å². The van der Waals surface area contributed by atoms with E-state index in [1.807, 2.05) is 4.90 Å². The normalized spacial score (nSPS) is 16.7. The van der Waals surface area contributed by atoms with E-state index in [1.54, 1.807) is 0 Å². The smallest absolute Gasteiger partial charge is 0.220 e. The number of methoxy groups -OCH3 is 1. The minimum absolute atomic E-state index is 0.0513. The first-order valence-electron chi connectivity index (χ1n) is 5.72. The third kappa shape index (κ3) is 2.48. The second kappa shape index (κ2) is 5.39. The number of amides is 1.